The summed E-state index contributed by atoms with van der Waals surface area (Å²) in [4.78, 5) is 13.6. The largest absolute Gasteiger partial charge is 0.377 e. The van der Waals surface area contributed by atoms with Crippen molar-refractivity contribution in [1.82, 2.24) is 10.2 Å². The van der Waals surface area contributed by atoms with Crippen molar-refractivity contribution in [2.45, 2.75) is 31.9 Å². The third-order valence-electron chi connectivity index (χ3n) is 4.44. The van der Waals surface area contributed by atoms with Crippen LogP contribution >= 0.6 is 0 Å². The molecule has 0 spiro atoms. The Kier molecular flexibility index (Phi) is 5.63. The van der Waals surface area contributed by atoms with E-state index in [0.717, 1.165) is 31.6 Å². The number of benzene rings is 1. The molecule has 2 amide bonds. The van der Waals surface area contributed by atoms with Gasteiger partial charge in [0.25, 0.3) is 0 Å². The maximum Gasteiger partial charge on any atom is 0.317 e. The van der Waals surface area contributed by atoms with Crippen molar-refractivity contribution in [1.29, 1.82) is 0 Å². The average molecular weight is 340 g/mol. The van der Waals surface area contributed by atoms with Gasteiger partial charge in [-0.25, -0.2) is 13.6 Å². The van der Waals surface area contributed by atoms with Crippen molar-refractivity contribution >= 4 is 6.03 Å². The van der Waals surface area contributed by atoms with E-state index in [1.165, 1.54) is 4.90 Å². The molecule has 2 aliphatic heterocycles. The lowest BCUT2D eigenvalue weighted by Gasteiger charge is -2.29. The van der Waals surface area contributed by atoms with Gasteiger partial charge in [-0.15, -0.1) is 0 Å². The molecule has 1 saturated heterocycles. The number of amides is 2. The number of carbonyl (C=O) groups excluding carboxylic acids is 1. The average Bonchev–Trinajstić information content (AvgIpc) is 3.11. The summed E-state index contributed by atoms with van der Waals surface area (Å²) in [6.45, 7) is 2.56. The highest BCUT2D eigenvalue weighted by Crippen LogP contribution is 2.24. The number of carbonyl (C=O) groups is 1. The molecule has 1 atom stereocenters. The summed E-state index contributed by atoms with van der Waals surface area (Å²) in [5.41, 5.74) is 0.643. The molecule has 1 fully saturated rings. The third-order valence-corrected chi connectivity index (χ3v) is 4.44. The van der Waals surface area contributed by atoms with Crippen molar-refractivity contribution in [2.75, 3.05) is 32.9 Å². The highest BCUT2D eigenvalue weighted by atomic mass is 19.1. The van der Waals surface area contributed by atoms with E-state index in [-0.39, 0.29) is 24.2 Å². The third kappa shape index (κ3) is 4.02. The van der Waals surface area contributed by atoms with Gasteiger partial charge in [0, 0.05) is 25.3 Å². The van der Waals surface area contributed by atoms with Gasteiger partial charge in [0.05, 0.1) is 25.9 Å². The normalized spacial score (nSPS) is 20.1. The van der Waals surface area contributed by atoms with E-state index >= 15 is 0 Å². The molecule has 1 aromatic carbocycles. The zero-order valence-corrected chi connectivity index (χ0v) is 13.5. The Bertz CT molecular complexity index is 591. The van der Waals surface area contributed by atoms with Crippen LogP contribution in [0.2, 0.25) is 0 Å². The number of hydrogen-bond acceptors (Lipinski definition) is 3. The molecule has 0 aliphatic carbocycles. The number of rotatable bonds is 5. The van der Waals surface area contributed by atoms with Gasteiger partial charge in [0.15, 0.2) is 0 Å². The molecule has 132 valence electrons. The molecule has 24 heavy (non-hydrogen) atoms. The number of hydrogen-bond donors (Lipinski definition) is 1. The molecule has 0 unspecified atom stereocenters. The van der Waals surface area contributed by atoms with Crippen LogP contribution in [0.25, 0.3) is 0 Å². The summed E-state index contributed by atoms with van der Waals surface area (Å²) in [6.07, 6.45) is 2.57. The molecule has 0 aromatic heterocycles. The van der Waals surface area contributed by atoms with Crippen LogP contribution in [0, 0.1) is 11.6 Å². The van der Waals surface area contributed by atoms with Crippen molar-refractivity contribution in [2.24, 2.45) is 0 Å². The lowest BCUT2D eigenvalue weighted by molar-refractivity contribution is 0.0186. The Labute approximate surface area is 139 Å². The summed E-state index contributed by atoms with van der Waals surface area (Å²) >= 11 is 0. The summed E-state index contributed by atoms with van der Waals surface area (Å²) in [5.74, 6) is -0.877. The lowest BCUT2D eigenvalue weighted by atomic mass is 9.99. The first-order chi connectivity index (χ1) is 11.6. The quantitative estimate of drug-likeness (QED) is 0.837. The number of fused-ring (bicyclic) bond motifs is 1. The first-order valence-electron chi connectivity index (χ1n) is 8.33. The van der Waals surface area contributed by atoms with Crippen LogP contribution in [-0.4, -0.2) is 49.9 Å². The summed E-state index contributed by atoms with van der Waals surface area (Å²) in [7, 11) is 0. The van der Waals surface area contributed by atoms with E-state index in [2.05, 4.69) is 5.32 Å². The maximum atomic E-state index is 13.8. The van der Waals surface area contributed by atoms with E-state index < -0.39 is 11.6 Å². The summed E-state index contributed by atoms with van der Waals surface area (Å²) in [5, 5.41) is 2.75. The number of nitrogens with one attached hydrogen (secondary N) is 1. The lowest BCUT2D eigenvalue weighted by Crippen LogP contribution is -2.44. The predicted molar refractivity (Wildman–Crippen MR) is 83.7 cm³/mol. The molecule has 2 heterocycles. The molecular weight excluding hydrogens is 318 g/mol. The highest BCUT2D eigenvalue weighted by Gasteiger charge is 2.25. The molecule has 0 bridgehead atoms. The monoisotopic (exact) mass is 340 g/mol. The fourth-order valence-corrected chi connectivity index (χ4v) is 3.10. The molecule has 7 heteroatoms. The maximum absolute atomic E-state index is 13.8. The fourth-order valence-electron chi connectivity index (χ4n) is 3.10. The minimum Gasteiger partial charge on any atom is -0.377 e. The Morgan fingerprint density at radius 2 is 2.12 bits per heavy atom. The van der Waals surface area contributed by atoms with Crippen LogP contribution < -0.4 is 5.32 Å². The Balaban J connectivity index is 1.42. The summed E-state index contributed by atoms with van der Waals surface area (Å²) < 4.78 is 38.4. The van der Waals surface area contributed by atoms with Crippen LogP contribution in [-0.2, 0) is 22.4 Å². The molecule has 1 aromatic rings. The minimum atomic E-state index is -0.469. The highest BCUT2D eigenvalue weighted by molar-refractivity contribution is 5.74. The van der Waals surface area contributed by atoms with Crippen molar-refractivity contribution < 1.29 is 23.0 Å². The van der Waals surface area contributed by atoms with Gasteiger partial charge in [0.1, 0.15) is 11.6 Å². The van der Waals surface area contributed by atoms with Crippen LogP contribution in [0.5, 0.6) is 0 Å². The van der Waals surface area contributed by atoms with Gasteiger partial charge in [0.2, 0.25) is 0 Å². The predicted octanol–water partition coefficient (Wildman–Crippen LogP) is 2.23. The zero-order chi connectivity index (χ0) is 16.9. The Morgan fingerprint density at radius 3 is 2.88 bits per heavy atom. The first-order valence-corrected chi connectivity index (χ1v) is 8.33. The van der Waals surface area contributed by atoms with Gasteiger partial charge in [-0.05, 0) is 37.0 Å². The molecular formula is C17H22F2N2O3. The van der Waals surface area contributed by atoms with E-state index in [1.807, 2.05) is 0 Å². The van der Waals surface area contributed by atoms with Crippen LogP contribution in [0.4, 0.5) is 13.6 Å². The van der Waals surface area contributed by atoms with Crippen molar-refractivity contribution in [3.63, 3.8) is 0 Å². The second-order valence-electron chi connectivity index (χ2n) is 6.10. The van der Waals surface area contributed by atoms with Crippen LogP contribution in [0.1, 0.15) is 24.0 Å². The number of ether oxygens (including phenoxy) is 2. The van der Waals surface area contributed by atoms with Crippen LogP contribution in [0.3, 0.4) is 0 Å². The smallest absolute Gasteiger partial charge is 0.317 e. The minimum absolute atomic E-state index is 0.0849. The van der Waals surface area contributed by atoms with Gasteiger partial charge in [-0.2, -0.15) is 0 Å². The fraction of sp³-hybridized carbons (Fsp3) is 0.588. The van der Waals surface area contributed by atoms with E-state index in [9.17, 15) is 13.6 Å². The molecule has 3 rings (SSSR count). The second kappa shape index (κ2) is 7.90. The number of nitrogens with zero attached hydrogens (tertiary/aromatic N) is 1. The zero-order valence-electron chi connectivity index (χ0n) is 13.5. The SMILES string of the molecule is O=C(NCCOC[C@H]1CCCO1)N1CCc2c(F)ccc(F)c2C1. The van der Waals surface area contributed by atoms with Gasteiger partial charge >= 0.3 is 6.03 Å². The molecule has 2 aliphatic rings. The van der Waals surface area contributed by atoms with Gasteiger partial charge in [-0.3, -0.25) is 0 Å². The number of urea groups is 1. The molecule has 5 nitrogen and oxygen atoms in total. The Hall–Kier alpha value is -1.73. The number of halogens is 2. The molecule has 0 saturated carbocycles. The Morgan fingerprint density at radius 1 is 1.33 bits per heavy atom. The first kappa shape index (κ1) is 17.1. The second-order valence-corrected chi connectivity index (χ2v) is 6.10. The van der Waals surface area contributed by atoms with E-state index in [4.69, 9.17) is 9.47 Å². The van der Waals surface area contributed by atoms with Gasteiger partial charge in [-0.1, -0.05) is 0 Å². The molecule has 1 N–H and O–H groups in total. The molecule has 0 radical (unpaired) electrons. The van der Waals surface area contributed by atoms with Crippen molar-refractivity contribution in [3.05, 3.63) is 34.9 Å². The van der Waals surface area contributed by atoms with E-state index in [1.54, 1.807) is 0 Å². The van der Waals surface area contributed by atoms with Crippen LogP contribution in [0.15, 0.2) is 12.1 Å². The van der Waals surface area contributed by atoms with Crippen molar-refractivity contribution in [3.8, 4) is 0 Å². The van der Waals surface area contributed by atoms with Gasteiger partial charge < -0.3 is 19.7 Å². The topological polar surface area (TPSA) is 50.8 Å². The summed E-state index contributed by atoms with van der Waals surface area (Å²) in [6, 6.07) is 1.95. The standard InChI is InChI=1S/C17H22F2N2O3/c18-15-3-4-16(19)14-10-21(7-5-13(14)15)17(22)20-6-9-23-11-12-2-1-8-24-12/h3-4,12H,1-2,5-11H2,(H,20,22)/t12-/m1/s1. The van der Waals surface area contributed by atoms with E-state index in [0.29, 0.717) is 38.3 Å².